The van der Waals surface area contributed by atoms with E-state index in [4.69, 9.17) is 4.74 Å². The summed E-state index contributed by atoms with van der Waals surface area (Å²) in [6.45, 7) is 2.37. The standard InChI is InChI=1S/C18H15FN2O2S/c1-10-12(6-11-2-3-15-14(7-11)21-9-24-15)8-13-17(16(10)19)23-5-4-20-18(13)22/h2-3,7-9H,4-6H2,1H3,(H,20,22). The normalized spacial score (nSPS) is 14.0. The number of rotatable bonds is 2. The Balaban J connectivity index is 1.77. The lowest BCUT2D eigenvalue weighted by Crippen LogP contribution is -2.24. The number of carbonyl (C=O) groups is 1. The summed E-state index contributed by atoms with van der Waals surface area (Å²) in [5, 5.41) is 2.72. The number of aromatic nitrogens is 1. The fraction of sp³-hybridized carbons (Fsp3) is 0.222. The van der Waals surface area contributed by atoms with Crippen LogP contribution in [0.5, 0.6) is 5.75 Å². The summed E-state index contributed by atoms with van der Waals surface area (Å²) in [5.41, 5.74) is 5.34. The minimum Gasteiger partial charge on any atom is -0.488 e. The lowest BCUT2D eigenvalue weighted by molar-refractivity contribution is 0.0957. The molecule has 1 aromatic heterocycles. The van der Waals surface area contributed by atoms with E-state index in [9.17, 15) is 9.18 Å². The summed E-state index contributed by atoms with van der Waals surface area (Å²) in [6.07, 6.45) is 0.538. The number of hydrogen-bond acceptors (Lipinski definition) is 4. The van der Waals surface area contributed by atoms with Gasteiger partial charge in [0.1, 0.15) is 6.61 Å². The van der Waals surface area contributed by atoms with E-state index in [0.29, 0.717) is 18.5 Å². The molecule has 122 valence electrons. The molecule has 0 aliphatic carbocycles. The molecule has 1 aliphatic rings. The average molecular weight is 342 g/mol. The van der Waals surface area contributed by atoms with Gasteiger partial charge in [0.2, 0.25) is 0 Å². The molecule has 3 aromatic rings. The smallest absolute Gasteiger partial charge is 0.255 e. The summed E-state index contributed by atoms with van der Waals surface area (Å²) >= 11 is 1.59. The molecule has 2 heterocycles. The van der Waals surface area contributed by atoms with Crippen molar-refractivity contribution < 1.29 is 13.9 Å². The zero-order chi connectivity index (χ0) is 16.7. The summed E-state index contributed by atoms with van der Waals surface area (Å²) in [6, 6.07) is 7.78. The van der Waals surface area contributed by atoms with E-state index in [1.807, 2.05) is 23.7 Å². The van der Waals surface area contributed by atoms with Crippen LogP contribution in [0.4, 0.5) is 4.39 Å². The molecule has 0 atom stereocenters. The first kappa shape index (κ1) is 15.1. The molecule has 4 nitrogen and oxygen atoms in total. The highest BCUT2D eigenvalue weighted by Gasteiger charge is 2.23. The number of hydrogen-bond donors (Lipinski definition) is 1. The van der Waals surface area contributed by atoms with Crippen LogP contribution >= 0.6 is 11.3 Å². The molecular weight excluding hydrogens is 327 g/mol. The molecule has 0 saturated carbocycles. The van der Waals surface area contributed by atoms with Crippen molar-refractivity contribution in [1.82, 2.24) is 10.3 Å². The van der Waals surface area contributed by atoms with E-state index in [1.165, 1.54) is 0 Å². The third kappa shape index (κ3) is 2.53. The van der Waals surface area contributed by atoms with Crippen LogP contribution in [0.2, 0.25) is 0 Å². The Morgan fingerprint density at radius 1 is 1.38 bits per heavy atom. The quantitative estimate of drug-likeness (QED) is 0.776. The van der Waals surface area contributed by atoms with Gasteiger partial charge in [-0.05, 0) is 48.2 Å². The van der Waals surface area contributed by atoms with Crippen LogP contribution in [-0.2, 0) is 6.42 Å². The Kier molecular flexibility index (Phi) is 3.69. The topological polar surface area (TPSA) is 51.2 Å². The zero-order valence-electron chi connectivity index (χ0n) is 13.1. The maximum absolute atomic E-state index is 14.7. The molecule has 0 unspecified atom stereocenters. The van der Waals surface area contributed by atoms with E-state index in [1.54, 1.807) is 24.3 Å². The molecule has 0 radical (unpaired) electrons. The Morgan fingerprint density at radius 3 is 3.12 bits per heavy atom. The Labute approximate surface area is 142 Å². The molecule has 0 saturated heterocycles. The van der Waals surface area contributed by atoms with Crippen molar-refractivity contribution in [3.05, 3.63) is 57.8 Å². The van der Waals surface area contributed by atoms with Crippen molar-refractivity contribution >= 4 is 27.5 Å². The van der Waals surface area contributed by atoms with Gasteiger partial charge < -0.3 is 10.1 Å². The van der Waals surface area contributed by atoms with E-state index >= 15 is 0 Å². The maximum Gasteiger partial charge on any atom is 0.255 e. The van der Waals surface area contributed by atoms with Gasteiger partial charge in [0.25, 0.3) is 5.91 Å². The van der Waals surface area contributed by atoms with Crippen molar-refractivity contribution in [2.45, 2.75) is 13.3 Å². The number of amides is 1. The first-order valence-corrected chi connectivity index (χ1v) is 8.56. The number of nitrogens with one attached hydrogen (secondary N) is 1. The third-order valence-corrected chi connectivity index (χ3v) is 5.05. The highest BCUT2D eigenvalue weighted by atomic mass is 32.1. The Morgan fingerprint density at radius 2 is 2.25 bits per heavy atom. The van der Waals surface area contributed by atoms with E-state index < -0.39 is 5.82 Å². The van der Waals surface area contributed by atoms with Gasteiger partial charge in [-0.15, -0.1) is 11.3 Å². The van der Waals surface area contributed by atoms with Crippen LogP contribution in [-0.4, -0.2) is 24.0 Å². The van der Waals surface area contributed by atoms with E-state index in [0.717, 1.165) is 21.3 Å². The molecule has 1 aliphatic heterocycles. The van der Waals surface area contributed by atoms with Crippen LogP contribution in [0.25, 0.3) is 10.2 Å². The first-order valence-electron chi connectivity index (χ1n) is 7.68. The number of ether oxygens (including phenoxy) is 1. The molecule has 4 rings (SSSR count). The predicted octanol–water partition coefficient (Wildman–Crippen LogP) is 3.46. The maximum atomic E-state index is 14.7. The average Bonchev–Trinajstić information content (AvgIpc) is 2.96. The minimum atomic E-state index is -0.450. The predicted molar refractivity (Wildman–Crippen MR) is 91.4 cm³/mol. The highest BCUT2D eigenvalue weighted by Crippen LogP contribution is 2.31. The second-order valence-electron chi connectivity index (χ2n) is 5.79. The second kappa shape index (κ2) is 5.87. The summed E-state index contributed by atoms with van der Waals surface area (Å²) in [4.78, 5) is 16.5. The van der Waals surface area contributed by atoms with Crippen LogP contribution in [0.3, 0.4) is 0 Å². The lowest BCUT2D eigenvalue weighted by atomic mass is 9.96. The third-order valence-electron chi connectivity index (χ3n) is 4.24. The van der Waals surface area contributed by atoms with Gasteiger partial charge >= 0.3 is 0 Å². The fourth-order valence-corrected chi connectivity index (χ4v) is 3.58. The Bertz CT molecular complexity index is 952. The van der Waals surface area contributed by atoms with Crippen molar-refractivity contribution in [3.8, 4) is 5.75 Å². The van der Waals surface area contributed by atoms with Crippen molar-refractivity contribution in [3.63, 3.8) is 0 Å². The summed E-state index contributed by atoms with van der Waals surface area (Å²) in [5.74, 6) is -0.687. The largest absolute Gasteiger partial charge is 0.488 e. The molecule has 0 fully saturated rings. The first-order chi connectivity index (χ1) is 11.6. The molecule has 2 aromatic carbocycles. The van der Waals surface area contributed by atoms with Crippen LogP contribution < -0.4 is 10.1 Å². The fourth-order valence-electron chi connectivity index (χ4n) is 2.92. The van der Waals surface area contributed by atoms with Gasteiger partial charge in [0.05, 0.1) is 27.8 Å². The van der Waals surface area contributed by atoms with Crippen molar-refractivity contribution in [1.29, 1.82) is 0 Å². The second-order valence-corrected chi connectivity index (χ2v) is 6.67. The van der Waals surface area contributed by atoms with E-state index in [-0.39, 0.29) is 23.8 Å². The molecule has 6 heteroatoms. The van der Waals surface area contributed by atoms with Crippen molar-refractivity contribution in [2.75, 3.05) is 13.2 Å². The van der Waals surface area contributed by atoms with Gasteiger partial charge in [-0.2, -0.15) is 0 Å². The number of thiazole rings is 1. The molecular formula is C18H15FN2O2S. The summed E-state index contributed by atoms with van der Waals surface area (Å²) in [7, 11) is 0. The zero-order valence-corrected chi connectivity index (χ0v) is 13.9. The number of halogens is 1. The van der Waals surface area contributed by atoms with Gasteiger partial charge in [-0.25, -0.2) is 9.37 Å². The molecule has 1 amide bonds. The minimum absolute atomic E-state index is 0.0567. The SMILES string of the molecule is Cc1c(Cc2ccc3scnc3c2)cc2c(c1F)OCCNC2=O. The Hall–Kier alpha value is -2.47. The van der Waals surface area contributed by atoms with E-state index in [2.05, 4.69) is 10.3 Å². The number of benzene rings is 2. The number of carbonyl (C=O) groups excluding carboxylic acids is 1. The van der Waals surface area contributed by atoms with Crippen molar-refractivity contribution in [2.24, 2.45) is 0 Å². The van der Waals surface area contributed by atoms with Crippen LogP contribution in [0, 0.1) is 12.7 Å². The number of nitrogens with zero attached hydrogens (tertiary/aromatic N) is 1. The number of fused-ring (bicyclic) bond motifs is 2. The lowest BCUT2D eigenvalue weighted by Gasteiger charge is -2.14. The van der Waals surface area contributed by atoms with Crippen LogP contribution in [0.15, 0.2) is 29.8 Å². The van der Waals surface area contributed by atoms with Crippen LogP contribution in [0.1, 0.15) is 27.0 Å². The summed E-state index contributed by atoms with van der Waals surface area (Å²) < 4.78 is 21.2. The highest BCUT2D eigenvalue weighted by molar-refractivity contribution is 7.16. The van der Waals surface area contributed by atoms with Gasteiger partial charge in [0, 0.05) is 0 Å². The monoisotopic (exact) mass is 342 g/mol. The van der Waals surface area contributed by atoms with Gasteiger partial charge in [0.15, 0.2) is 11.6 Å². The van der Waals surface area contributed by atoms with Gasteiger partial charge in [-0.1, -0.05) is 6.07 Å². The molecule has 24 heavy (non-hydrogen) atoms. The van der Waals surface area contributed by atoms with Gasteiger partial charge in [-0.3, -0.25) is 4.79 Å². The molecule has 1 N–H and O–H groups in total. The molecule has 0 spiro atoms. The molecule has 0 bridgehead atoms.